The molecular weight excluding hydrogens is 224 g/mol. The number of aliphatic hydroxyl groups excluding tert-OH is 1. The summed E-state index contributed by atoms with van der Waals surface area (Å²) in [4.78, 5) is 0. The van der Waals surface area contributed by atoms with Gasteiger partial charge in [0.2, 0.25) is 0 Å². The van der Waals surface area contributed by atoms with Gasteiger partial charge in [-0.1, -0.05) is 25.0 Å². The predicted molar refractivity (Wildman–Crippen MR) is 72.3 cm³/mol. The van der Waals surface area contributed by atoms with Crippen LogP contribution in [-0.4, -0.2) is 17.8 Å². The van der Waals surface area contributed by atoms with Crippen LogP contribution < -0.4 is 5.32 Å². The van der Waals surface area contributed by atoms with Crippen LogP contribution in [0.15, 0.2) is 18.2 Å². The van der Waals surface area contributed by atoms with Crippen molar-refractivity contribution in [1.29, 1.82) is 5.26 Å². The average molecular weight is 244 g/mol. The molecule has 1 fully saturated rings. The van der Waals surface area contributed by atoms with E-state index in [0.29, 0.717) is 11.5 Å². The lowest BCUT2D eigenvalue weighted by atomic mass is 9.84. The molecule has 1 aromatic rings. The van der Waals surface area contributed by atoms with Gasteiger partial charge in [0.15, 0.2) is 0 Å². The number of aryl methyl sites for hydroxylation is 1. The van der Waals surface area contributed by atoms with Gasteiger partial charge in [-0.25, -0.2) is 0 Å². The van der Waals surface area contributed by atoms with Crippen LogP contribution in [-0.2, 0) is 0 Å². The van der Waals surface area contributed by atoms with Crippen LogP contribution >= 0.6 is 0 Å². The summed E-state index contributed by atoms with van der Waals surface area (Å²) in [5.74, 6) is 0.310. The number of hydrogen-bond acceptors (Lipinski definition) is 3. The van der Waals surface area contributed by atoms with Gasteiger partial charge in [0.1, 0.15) is 6.07 Å². The molecule has 2 N–H and O–H groups in total. The van der Waals surface area contributed by atoms with Crippen molar-refractivity contribution in [3.8, 4) is 6.07 Å². The number of benzene rings is 1. The highest BCUT2D eigenvalue weighted by Crippen LogP contribution is 2.29. The maximum absolute atomic E-state index is 9.43. The van der Waals surface area contributed by atoms with Crippen molar-refractivity contribution in [2.45, 2.75) is 38.6 Å². The van der Waals surface area contributed by atoms with Gasteiger partial charge in [0.05, 0.1) is 11.3 Å². The van der Waals surface area contributed by atoms with Crippen molar-refractivity contribution in [2.75, 3.05) is 11.9 Å². The minimum Gasteiger partial charge on any atom is -0.396 e. The Morgan fingerprint density at radius 1 is 1.39 bits per heavy atom. The summed E-state index contributed by atoms with van der Waals surface area (Å²) in [6, 6.07) is 8.28. The van der Waals surface area contributed by atoms with Gasteiger partial charge in [-0.15, -0.1) is 0 Å². The van der Waals surface area contributed by atoms with Crippen LogP contribution in [0, 0.1) is 24.2 Å². The van der Waals surface area contributed by atoms with Gasteiger partial charge in [-0.05, 0) is 31.4 Å². The molecule has 18 heavy (non-hydrogen) atoms. The summed E-state index contributed by atoms with van der Waals surface area (Å²) in [6.45, 7) is 2.24. The SMILES string of the molecule is Cc1cccc(C#N)c1NC1CCCCC1CO. The zero-order valence-corrected chi connectivity index (χ0v) is 10.8. The molecule has 1 saturated carbocycles. The molecule has 0 spiro atoms. The minimum atomic E-state index is 0.228. The summed E-state index contributed by atoms with van der Waals surface area (Å²) in [6.07, 6.45) is 4.54. The maximum atomic E-state index is 9.43. The number of anilines is 1. The van der Waals surface area contributed by atoms with Crippen molar-refractivity contribution >= 4 is 5.69 Å². The van der Waals surface area contributed by atoms with E-state index >= 15 is 0 Å². The smallest absolute Gasteiger partial charge is 0.101 e. The normalized spacial score (nSPS) is 23.4. The summed E-state index contributed by atoms with van der Waals surface area (Å²) in [5, 5.41) is 22.1. The van der Waals surface area contributed by atoms with Gasteiger partial charge >= 0.3 is 0 Å². The number of aliphatic hydroxyl groups is 1. The molecular formula is C15H20N2O. The van der Waals surface area contributed by atoms with Crippen LogP contribution in [0.3, 0.4) is 0 Å². The molecule has 3 nitrogen and oxygen atoms in total. The number of nitrogens with zero attached hydrogens (tertiary/aromatic N) is 1. The molecule has 2 unspecified atom stereocenters. The maximum Gasteiger partial charge on any atom is 0.101 e. The highest BCUT2D eigenvalue weighted by atomic mass is 16.3. The van der Waals surface area contributed by atoms with E-state index < -0.39 is 0 Å². The summed E-state index contributed by atoms with van der Waals surface area (Å²) in [7, 11) is 0. The Balaban J connectivity index is 2.20. The Labute approximate surface area is 108 Å². The Kier molecular flexibility index (Phi) is 4.22. The van der Waals surface area contributed by atoms with Gasteiger partial charge < -0.3 is 10.4 Å². The highest BCUT2D eigenvalue weighted by Gasteiger charge is 2.25. The second-order valence-electron chi connectivity index (χ2n) is 5.09. The van der Waals surface area contributed by atoms with Crippen LogP contribution in [0.1, 0.15) is 36.8 Å². The Morgan fingerprint density at radius 2 is 2.17 bits per heavy atom. The molecule has 3 heteroatoms. The van der Waals surface area contributed by atoms with Crippen LogP contribution in [0.25, 0.3) is 0 Å². The minimum absolute atomic E-state index is 0.228. The van der Waals surface area contributed by atoms with Crippen molar-refractivity contribution in [2.24, 2.45) is 5.92 Å². The topological polar surface area (TPSA) is 56.0 Å². The largest absolute Gasteiger partial charge is 0.396 e. The van der Waals surface area contributed by atoms with Gasteiger partial charge in [0.25, 0.3) is 0 Å². The average Bonchev–Trinajstić information content (AvgIpc) is 2.41. The molecule has 1 aliphatic rings. The fourth-order valence-electron chi connectivity index (χ4n) is 2.75. The number of nitriles is 1. The lowest BCUT2D eigenvalue weighted by molar-refractivity contribution is 0.178. The third-order valence-corrected chi connectivity index (χ3v) is 3.87. The predicted octanol–water partition coefficient (Wildman–Crippen LogP) is 2.83. The molecule has 1 aliphatic carbocycles. The van der Waals surface area contributed by atoms with Crippen LogP contribution in [0.4, 0.5) is 5.69 Å². The standard InChI is InChI=1S/C15H20N2O/c1-11-5-4-7-12(9-16)15(11)17-14-8-3-2-6-13(14)10-18/h4-5,7,13-14,17-18H,2-3,6,8,10H2,1H3. The zero-order chi connectivity index (χ0) is 13.0. The monoisotopic (exact) mass is 244 g/mol. The van der Waals surface area contributed by atoms with E-state index in [0.717, 1.165) is 24.1 Å². The first kappa shape index (κ1) is 12.9. The quantitative estimate of drug-likeness (QED) is 0.859. The molecule has 1 aromatic carbocycles. The number of hydrogen-bond donors (Lipinski definition) is 2. The molecule has 0 aromatic heterocycles. The first-order valence-corrected chi connectivity index (χ1v) is 6.63. The highest BCUT2D eigenvalue weighted by molar-refractivity contribution is 5.62. The third-order valence-electron chi connectivity index (χ3n) is 3.87. The van der Waals surface area contributed by atoms with Crippen LogP contribution in [0.2, 0.25) is 0 Å². The molecule has 0 saturated heterocycles. The van der Waals surface area contributed by atoms with E-state index in [2.05, 4.69) is 11.4 Å². The van der Waals surface area contributed by atoms with E-state index in [1.54, 1.807) is 0 Å². The van der Waals surface area contributed by atoms with E-state index in [1.807, 2.05) is 25.1 Å². The molecule has 2 atom stereocenters. The fourth-order valence-corrected chi connectivity index (χ4v) is 2.75. The van der Waals surface area contributed by atoms with Crippen LogP contribution in [0.5, 0.6) is 0 Å². The number of nitrogens with one attached hydrogen (secondary N) is 1. The van der Waals surface area contributed by atoms with Crippen molar-refractivity contribution in [3.05, 3.63) is 29.3 Å². The molecule has 0 amide bonds. The lowest BCUT2D eigenvalue weighted by Crippen LogP contribution is -2.34. The Bertz CT molecular complexity index is 450. The van der Waals surface area contributed by atoms with E-state index in [1.165, 1.54) is 12.8 Å². The Hall–Kier alpha value is -1.53. The zero-order valence-electron chi connectivity index (χ0n) is 10.8. The molecule has 96 valence electrons. The van der Waals surface area contributed by atoms with Crippen molar-refractivity contribution in [1.82, 2.24) is 0 Å². The molecule has 0 bridgehead atoms. The summed E-state index contributed by atoms with van der Waals surface area (Å²) in [5.41, 5.74) is 2.72. The molecule has 0 radical (unpaired) electrons. The van der Waals surface area contributed by atoms with Crippen molar-refractivity contribution in [3.63, 3.8) is 0 Å². The third kappa shape index (κ3) is 2.65. The van der Waals surface area contributed by atoms with E-state index in [4.69, 9.17) is 5.26 Å². The van der Waals surface area contributed by atoms with E-state index in [9.17, 15) is 5.11 Å². The second-order valence-corrected chi connectivity index (χ2v) is 5.09. The van der Waals surface area contributed by atoms with Gasteiger partial charge in [-0.3, -0.25) is 0 Å². The molecule has 0 aliphatic heterocycles. The lowest BCUT2D eigenvalue weighted by Gasteiger charge is -2.32. The second kappa shape index (κ2) is 5.88. The fraction of sp³-hybridized carbons (Fsp3) is 0.533. The summed E-state index contributed by atoms with van der Waals surface area (Å²) < 4.78 is 0. The number of rotatable bonds is 3. The van der Waals surface area contributed by atoms with Gasteiger partial charge in [-0.2, -0.15) is 5.26 Å². The van der Waals surface area contributed by atoms with Crippen molar-refractivity contribution < 1.29 is 5.11 Å². The molecule has 2 rings (SSSR count). The first-order chi connectivity index (χ1) is 8.76. The number of para-hydroxylation sites is 1. The Morgan fingerprint density at radius 3 is 2.89 bits per heavy atom. The van der Waals surface area contributed by atoms with E-state index in [-0.39, 0.29) is 12.6 Å². The first-order valence-electron chi connectivity index (χ1n) is 6.63. The summed E-state index contributed by atoms with van der Waals surface area (Å²) >= 11 is 0. The van der Waals surface area contributed by atoms with Gasteiger partial charge in [0, 0.05) is 18.6 Å². The molecule has 0 heterocycles.